The SMILES string of the molecule is CCNc1nc(C)nc(OCCc2ccccn2)c1C. The molecule has 0 spiro atoms. The standard InChI is InChI=1S/C15H20N4O/c1-4-16-14-11(2)15(19-12(3)18-14)20-10-8-13-7-5-6-9-17-13/h5-7,9H,4,8,10H2,1-3H3,(H,16,18,19). The van der Waals surface area contributed by atoms with E-state index in [9.17, 15) is 0 Å². The second kappa shape index (κ2) is 6.84. The summed E-state index contributed by atoms with van der Waals surface area (Å²) in [4.78, 5) is 13.0. The van der Waals surface area contributed by atoms with Crippen LogP contribution >= 0.6 is 0 Å². The van der Waals surface area contributed by atoms with Crippen LogP contribution in [0.15, 0.2) is 24.4 Å². The lowest BCUT2D eigenvalue weighted by Crippen LogP contribution is -2.09. The highest BCUT2D eigenvalue weighted by Crippen LogP contribution is 2.21. The summed E-state index contributed by atoms with van der Waals surface area (Å²) < 4.78 is 5.78. The minimum Gasteiger partial charge on any atom is -0.477 e. The summed E-state index contributed by atoms with van der Waals surface area (Å²) in [5.41, 5.74) is 1.96. The minimum atomic E-state index is 0.555. The first-order chi connectivity index (χ1) is 9.70. The Bertz CT molecular complexity index is 557. The van der Waals surface area contributed by atoms with Crippen LogP contribution in [-0.4, -0.2) is 28.1 Å². The van der Waals surface area contributed by atoms with E-state index in [0.717, 1.165) is 30.0 Å². The maximum Gasteiger partial charge on any atom is 0.221 e. The van der Waals surface area contributed by atoms with Crippen LogP contribution in [0.25, 0.3) is 0 Å². The van der Waals surface area contributed by atoms with Crippen molar-refractivity contribution in [1.29, 1.82) is 0 Å². The van der Waals surface area contributed by atoms with Gasteiger partial charge < -0.3 is 10.1 Å². The van der Waals surface area contributed by atoms with Crippen LogP contribution in [0.4, 0.5) is 5.82 Å². The fourth-order valence-corrected chi connectivity index (χ4v) is 1.88. The van der Waals surface area contributed by atoms with E-state index in [0.29, 0.717) is 18.3 Å². The summed E-state index contributed by atoms with van der Waals surface area (Å²) in [5.74, 6) is 2.19. The van der Waals surface area contributed by atoms with Crippen LogP contribution in [0.1, 0.15) is 24.0 Å². The van der Waals surface area contributed by atoms with Crippen LogP contribution in [0, 0.1) is 13.8 Å². The molecule has 5 heteroatoms. The predicted octanol–water partition coefficient (Wildman–Crippen LogP) is 2.54. The van der Waals surface area contributed by atoms with Gasteiger partial charge in [0, 0.05) is 24.9 Å². The van der Waals surface area contributed by atoms with Gasteiger partial charge in [0.05, 0.1) is 12.2 Å². The number of aromatic nitrogens is 3. The quantitative estimate of drug-likeness (QED) is 0.875. The third-order valence-corrected chi connectivity index (χ3v) is 2.88. The number of anilines is 1. The molecule has 2 heterocycles. The molecule has 0 saturated carbocycles. The molecule has 0 bridgehead atoms. The highest BCUT2D eigenvalue weighted by molar-refractivity contribution is 5.48. The highest BCUT2D eigenvalue weighted by Gasteiger charge is 2.09. The molecule has 0 aliphatic carbocycles. The zero-order valence-corrected chi connectivity index (χ0v) is 12.2. The van der Waals surface area contributed by atoms with E-state index < -0.39 is 0 Å². The topological polar surface area (TPSA) is 59.9 Å². The van der Waals surface area contributed by atoms with Crippen molar-refractivity contribution in [3.8, 4) is 5.88 Å². The normalized spacial score (nSPS) is 10.3. The molecule has 0 aromatic carbocycles. The summed E-state index contributed by atoms with van der Waals surface area (Å²) in [6, 6.07) is 5.88. The zero-order valence-electron chi connectivity index (χ0n) is 12.2. The molecular formula is C15H20N4O. The summed E-state index contributed by atoms with van der Waals surface area (Å²) in [7, 11) is 0. The molecule has 0 radical (unpaired) electrons. The summed E-state index contributed by atoms with van der Waals surface area (Å²) >= 11 is 0. The van der Waals surface area contributed by atoms with E-state index in [4.69, 9.17) is 4.74 Å². The summed E-state index contributed by atoms with van der Waals surface area (Å²) in [5, 5.41) is 3.22. The van der Waals surface area contributed by atoms with Gasteiger partial charge in [0.25, 0.3) is 0 Å². The number of rotatable bonds is 6. The van der Waals surface area contributed by atoms with E-state index in [1.54, 1.807) is 6.20 Å². The second-order valence-corrected chi connectivity index (χ2v) is 4.50. The molecule has 2 rings (SSSR count). The lowest BCUT2D eigenvalue weighted by atomic mass is 10.3. The second-order valence-electron chi connectivity index (χ2n) is 4.50. The molecule has 5 nitrogen and oxygen atoms in total. The molecule has 0 aliphatic rings. The number of pyridine rings is 1. The molecule has 0 unspecified atom stereocenters. The van der Waals surface area contributed by atoms with Gasteiger partial charge in [-0.1, -0.05) is 6.07 Å². The Morgan fingerprint density at radius 3 is 2.75 bits per heavy atom. The van der Waals surface area contributed by atoms with Gasteiger partial charge in [-0.25, -0.2) is 4.98 Å². The van der Waals surface area contributed by atoms with Crippen LogP contribution in [-0.2, 0) is 6.42 Å². The van der Waals surface area contributed by atoms with Gasteiger partial charge in [-0.05, 0) is 32.9 Å². The largest absolute Gasteiger partial charge is 0.477 e. The molecule has 0 amide bonds. The van der Waals surface area contributed by atoms with E-state index in [-0.39, 0.29) is 0 Å². The molecule has 106 valence electrons. The van der Waals surface area contributed by atoms with Crippen LogP contribution < -0.4 is 10.1 Å². The Morgan fingerprint density at radius 2 is 2.05 bits per heavy atom. The van der Waals surface area contributed by atoms with Crippen LogP contribution in [0.2, 0.25) is 0 Å². The Hall–Kier alpha value is -2.17. The van der Waals surface area contributed by atoms with E-state index in [1.165, 1.54) is 0 Å². The van der Waals surface area contributed by atoms with E-state index >= 15 is 0 Å². The monoisotopic (exact) mass is 272 g/mol. The Kier molecular flexibility index (Phi) is 4.87. The van der Waals surface area contributed by atoms with Gasteiger partial charge in [0.2, 0.25) is 5.88 Å². The summed E-state index contributed by atoms with van der Waals surface area (Å²) in [6.45, 7) is 7.25. The van der Waals surface area contributed by atoms with Gasteiger partial charge in [0.1, 0.15) is 11.6 Å². The molecule has 2 aromatic rings. The smallest absolute Gasteiger partial charge is 0.221 e. The first-order valence-corrected chi connectivity index (χ1v) is 6.82. The molecule has 0 saturated heterocycles. The Balaban J connectivity index is 2.02. The lowest BCUT2D eigenvalue weighted by Gasteiger charge is -2.12. The third-order valence-electron chi connectivity index (χ3n) is 2.88. The van der Waals surface area contributed by atoms with Crippen molar-refractivity contribution in [1.82, 2.24) is 15.0 Å². The van der Waals surface area contributed by atoms with Gasteiger partial charge in [-0.2, -0.15) is 4.98 Å². The number of hydrogen-bond donors (Lipinski definition) is 1. The average Bonchev–Trinajstić information content (AvgIpc) is 2.45. The fraction of sp³-hybridized carbons (Fsp3) is 0.400. The number of aryl methyl sites for hydroxylation is 1. The van der Waals surface area contributed by atoms with Crippen molar-refractivity contribution in [3.63, 3.8) is 0 Å². The van der Waals surface area contributed by atoms with Crippen molar-refractivity contribution < 1.29 is 4.74 Å². The van der Waals surface area contributed by atoms with Crippen molar-refractivity contribution in [2.24, 2.45) is 0 Å². The van der Waals surface area contributed by atoms with E-state index in [2.05, 4.69) is 20.3 Å². The van der Waals surface area contributed by atoms with Gasteiger partial charge in [-0.15, -0.1) is 0 Å². The molecule has 0 atom stereocenters. The molecule has 1 N–H and O–H groups in total. The van der Waals surface area contributed by atoms with Gasteiger partial charge in [0.15, 0.2) is 0 Å². The van der Waals surface area contributed by atoms with Crippen molar-refractivity contribution in [3.05, 3.63) is 41.5 Å². The maximum atomic E-state index is 5.78. The molecule has 0 fully saturated rings. The Morgan fingerprint density at radius 1 is 1.20 bits per heavy atom. The van der Waals surface area contributed by atoms with Crippen molar-refractivity contribution in [2.45, 2.75) is 27.2 Å². The summed E-state index contributed by atoms with van der Waals surface area (Å²) in [6.07, 6.45) is 2.55. The van der Waals surface area contributed by atoms with Gasteiger partial charge >= 0.3 is 0 Å². The van der Waals surface area contributed by atoms with E-state index in [1.807, 2.05) is 39.0 Å². The highest BCUT2D eigenvalue weighted by atomic mass is 16.5. The lowest BCUT2D eigenvalue weighted by molar-refractivity contribution is 0.305. The van der Waals surface area contributed by atoms with Crippen molar-refractivity contribution >= 4 is 5.82 Å². The first-order valence-electron chi connectivity index (χ1n) is 6.82. The molecule has 0 aliphatic heterocycles. The molecule has 20 heavy (non-hydrogen) atoms. The number of ether oxygens (including phenoxy) is 1. The zero-order chi connectivity index (χ0) is 14.4. The maximum absolute atomic E-state index is 5.78. The van der Waals surface area contributed by atoms with Crippen LogP contribution in [0.5, 0.6) is 5.88 Å². The minimum absolute atomic E-state index is 0.555. The number of nitrogens with one attached hydrogen (secondary N) is 1. The first kappa shape index (κ1) is 14.2. The molecule has 2 aromatic heterocycles. The van der Waals surface area contributed by atoms with Crippen molar-refractivity contribution in [2.75, 3.05) is 18.5 Å². The fourth-order valence-electron chi connectivity index (χ4n) is 1.88. The van der Waals surface area contributed by atoms with Gasteiger partial charge in [-0.3, -0.25) is 4.98 Å². The Labute approximate surface area is 119 Å². The van der Waals surface area contributed by atoms with Crippen LogP contribution in [0.3, 0.4) is 0 Å². The average molecular weight is 272 g/mol. The number of hydrogen-bond acceptors (Lipinski definition) is 5. The number of nitrogens with zero attached hydrogens (tertiary/aromatic N) is 3. The predicted molar refractivity (Wildman–Crippen MR) is 79.1 cm³/mol. The third kappa shape index (κ3) is 3.66. The molecular weight excluding hydrogens is 252 g/mol.